The molecule has 0 aliphatic carbocycles. The van der Waals surface area contributed by atoms with Crippen molar-refractivity contribution in [3.63, 3.8) is 0 Å². The standard InChI is InChI=1S/C22H15F6N3/c23-21(24,25)17-5-1-15(2-6-17)20(19-9-10-29-13-19,31-12-11-30-14-31)16-3-7-18(8-4-16)22(26,27)28/h1-14,29H. The molecule has 9 heteroatoms. The first-order valence-electron chi connectivity index (χ1n) is 9.10. The first kappa shape index (κ1) is 20.8. The Morgan fingerprint density at radius 3 is 1.48 bits per heavy atom. The fourth-order valence-electron chi connectivity index (χ4n) is 3.75. The number of nitrogens with zero attached hydrogens (tertiary/aromatic N) is 2. The number of rotatable bonds is 4. The predicted octanol–water partition coefficient (Wildman–Crippen LogP) is 6.09. The molecule has 0 aliphatic rings. The molecule has 4 rings (SSSR count). The fourth-order valence-corrected chi connectivity index (χ4v) is 3.75. The van der Waals surface area contributed by atoms with Gasteiger partial charge in [-0.05, 0) is 41.5 Å². The Bertz CT molecular complexity index is 1030. The number of halogens is 6. The van der Waals surface area contributed by atoms with E-state index in [0.717, 1.165) is 24.3 Å². The zero-order valence-electron chi connectivity index (χ0n) is 15.7. The van der Waals surface area contributed by atoms with Crippen molar-refractivity contribution in [2.75, 3.05) is 0 Å². The highest BCUT2D eigenvalue weighted by molar-refractivity contribution is 5.51. The van der Waals surface area contributed by atoms with Gasteiger partial charge in [-0.1, -0.05) is 24.3 Å². The maximum Gasteiger partial charge on any atom is 0.416 e. The van der Waals surface area contributed by atoms with E-state index in [0.29, 0.717) is 16.7 Å². The second kappa shape index (κ2) is 7.33. The van der Waals surface area contributed by atoms with Gasteiger partial charge in [0.25, 0.3) is 0 Å². The maximum atomic E-state index is 13.1. The summed E-state index contributed by atoms with van der Waals surface area (Å²) >= 11 is 0. The quantitative estimate of drug-likeness (QED) is 0.387. The molecule has 2 aromatic heterocycles. The fraction of sp³-hybridized carbons (Fsp3) is 0.136. The lowest BCUT2D eigenvalue weighted by Gasteiger charge is -2.36. The molecule has 160 valence electrons. The zero-order chi connectivity index (χ0) is 22.3. The number of H-pyrrole nitrogens is 1. The molecule has 0 spiro atoms. The summed E-state index contributed by atoms with van der Waals surface area (Å²) in [4.78, 5) is 6.97. The molecular weight excluding hydrogens is 420 g/mol. The van der Waals surface area contributed by atoms with Crippen LogP contribution in [-0.4, -0.2) is 14.5 Å². The van der Waals surface area contributed by atoms with Crippen LogP contribution in [0.2, 0.25) is 0 Å². The van der Waals surface area contributed by atoms with E-state index in [-0.39, 0.29) is 0 Å². The van der Waals surface area contributed by atoms with Crippen LogP contribution >= 0.6 is 0 Å². The lowest BCUT2D eigenvalue weighted by molar-refractivity contribution is -0.138. The molecule has 0 saturated carbocycles. The van der Waals surface area contributed by atoms with E-state index in [4.69, 9.17) is 0 Å². The minimum Gasteiger partial charge on any atom is -0.367 e. The third kappa shape index (κ3) is 3.60. The van der Waals surface area contributed by atoms with Crippen molar-refractivity contribution in [1.29, 1.82) is 0 Å². The van der Waals surface area contributed by atoms with E-state index in [1.807, 2.05) is 0 Å². The van der Waals surface area contributed by atoms with E-state index in [1.54, 1.807) is 29.2 Å². The molecule has 1 N–H and O–H groups in total. The van der Waals surface area contributed by atoms with Crippen LogP contribution in [0.25, 0.3) is 0 Å². The van der Waals surface area contributed by atoms with Crippen LogP contribution in [0, 0.1) is 0 Å². The van der Waals surface area contributed by atoms with Crippen LogP contribution in [0.4, 0.5) is 26.3 Å². The minimum atomic E-state index is -4.52. The summed E-state index contributed by atoms with van der Waals surface area (Å²) in [6.07, 6.45) is -1.16. The smallest absolute Gasteiger partial charge is 0.367 e. The third-order valence-corrected chi connectivity index (χ3v) is 5.17. The van der Waals surface area contributed by atoms with Crippen molar-refractivity contribution < 1.29 is 26.3 Å². The van der Waals surface area contributed by atoms with Crippen LogP contribution in [-0.2, 0) is 17.9 Å². The van der Waals surface area contributed by atoms with E-state index in [1.165, 1.54) is 36.8 Å². The van der Waals surface area contributed by atoms with Crippen molar-refractivity contribution in [2.24, 2.45) is 0 Å². The summed E-state index contributed by atoms with van der Waals surface area (Å²) < 4.78 is 80.3. The Kier molecular flexibility index (Phi) is 4.91. The highest BCUT2D eigenvalue weighted by Gasteiger charge is 2.40. The molecule has 0 atom stereocenters. The van der Waals surface area contributed by atoms with Crippen LogP contribution in [0.1, 0.15) is 27.8 Å². The Labute approximate surface area is 173 Å². The summed E-state index contributed by atoms with van der Waals surface area (Å²) in [5.41, 5.74) is -1.42. The van der Waals surface area contributed by atoms with Gasteiger partial charge in [-0.15, -0.1) is 0 Å². The number of imidazole rings is 1. The number of aromatic amines is 1. The SMILES string of the molecule is FC(F)(F)c1ccc(C(c2ccc(C(F)(F)F)cc2)(c2cc[nH]c2)n2ccnc2)cc1. The number of hydrogen-bond acceptors (Lipinski definition) is 1. The lowest BCUT2D eigenvalue weighted by Crippen LogP contribution is -2.36. The molecule has 31 heavy (non-hydrogen) atoms. The third-order valence-electron chi connectivity index (χ3n) is 5.17. The molecule has 0 aliphatic heterocycles. The molecule has 0 radical (unpaired) electrons. The number of hydrogen-bond donors (Lipinski definition) is 1. The van der Waals surface area contributed by atoms with Gasteiger partial charge in [-0.2, -0.15) is 26.3 Å². The summed E-state index contributed by atoms with van der Waals surface area (Å²) in [6.45, 7) is 0. The minimum absolute atomic E-state index is 0.429. The zero-order valence-corrected chi connectivity index (χ0v) is 15.7. The van der Waals surface area contributed by atoms with E-state index in [9.17, 15) is 26.3 Å². The van der Waals surface area contributed by atoms with Crippen molar-refractivity contribution in [3.05, 3.63) is 114 Å². The molecule has 0 fully saturated rings. The van der Waals surface area contributed by atoms with Crippen LogP contribution in [0.3, 0.4) is 0 Å². The van der Waals surface area contributed by atoms with Crippen LogP contribution < -0.4 is 0 Å². The molecule has 2 heterocycles. The Hall–Kier alpha value is -3.49. The van der Waals surface area contributed by atoms with Gasteiger partial charge in [-0.25, -0.2) is 4.98 Å². The molecule has 0 unspecified atom stereocenters. The molecule has 3 nitrogen and oxygen atoms in total. The van der Waals surface area contributed by atoms with Gasteiger partial charge >= 0.3 is 12.4 Å². The number of nitrogens with one attached hydrogen (secondary N) is 1. The normalized spacial score (nSPS) is 12.8. The van der Waals surface area contributed by atoms with Crippen LogP contribution in [0.15, 0.2) is 85.7 Å². The second-order valence-corrected chi connectivity index (χ2v) is 6.93. The van der Waals surface area contributed by atoms with E-state index in [2.05, 4.69) is 9.97 Å². The second-order valence-electron chi connectivity index (χ2n) is 6.93. The summed E-state index contributed by atoms with van der Waals surface area (Å²) in [5, 5.41) is 0. The van der Waals surface area contributed by atoms with Crippen molar-refractivity contribution in [1.82, 2.24) is 14.5 Å². The molecule has 4 aromatic rings. The van der Waals surface area contributed by atoms with Crippen molar-refractivity contribution in [3.8, 4) is 0 Å². The van der Waals surface area contributed by atoms with Gasteiger partial charge in [0.1, 0.15) is 5.54 Å². The van der Waals surface area contributed by atoms with Gasteiger partial charge in [0, 0.05) is 30.4 Å². The Balaban J connectivity index is 1.99. The average molecular weight is 435 g/mol. The average Bonchev–Trinajstić information content (AvgIpc) is 3.43. The molecular formula is C22H15F6N3. The predicted molar refractivity (Wildman–Crippen MR) is 101 cm³/mol. The summed E-state index contributed by atoms with van der Waals surface area (Å²) in [5.74, 6) is 0. The molecule has 2 aromatic carbocycles. The lowest BCUT2D eigenvalue weighted by atomic mass is 9.77. The van der Waals surface area contributed by atoms with E-state index < -0.39 is 29.0 Å². The Morgan fingerprint density at radius 2 is 1.13 bits per heavy atom. The molecule has 0 bridgehead atoms. The van der Waals surface area contributed by atoms with Gasteiger partial charge in [0.05, 0.1) is 17.5 Å². The highest BCUT2D eigenvalue weighted by Crippen LogP contribution is 2.42. The number of benzene rings is 2. The van der Waals surface area contributed by atoms with E-state index >= 15 is 0 Å². The van der Waals surface area contributed by atoms with Gasteiger partial charge in [-0.3, -0.25) is 0 Å². The first-order chi connectivity index (χ1) is 14.6. The topological polar surface area (TPSA) is 33.6 Å². The molecule has 0 amide bonds. The number of aromatic nitrogens is 3. The Morgan fingerprint density at radius 1 is 0.645 bits per heavy atom. The van der Waals surface area contributed by atoms with Gasteiger partial charge in [0.2, 0.25) is 0 Å². The largest absolute Gasteiger partial charge is 0.416 e. The number of alkyl halides is 6. The van der Waals surface area contributed by atoms with Gasteiger partial charge in [0.15, 0.2) is 0 Å². The van der Waals surface area contributed by atoms with Crippen molar-refractivity contribution in [2.45, 2.75) is 17.9 Å². The van der Waals surface area contributed by atoms with Gasteiger partial charge < -0.3 is 9.55 Å². The van der Waals surface area contributed by atoms with Crippen LogP contribution in [0.5, 0.6) is 0 Å². The maximum absolute atomic E-state index is 13.1. The first-order valence-corrected chi connectivity index (χ1v) is 9.10. The molecule has 0 saturated heterocycles. The summed E-state index contributed by atoms with van der Waals surface area (Å²) in [6, 6.07) is 10.8. The summed E-state index contributed by atoms with van der Waals surface area (Å²) in [7, 11) is 0. The monoisotopic (exact) mass is 435 g/mol. The van der Waals surface area contributed by atoms with Crippen molar-refractivity contribution >= 4 is 0 Å². The highest BCUT2D eigenvalue weighted by atomic mass is 19.4.